The van der Waals surface area contributed by atoms with Gasteiger partial charge in [0.1, 0.15) is 16.1 Å². The third-order valence-electron chi connectivity index (χ3n) is 12.8. The van der Waals surface area contributed by atoms with Gasteiger partial charge in [-0.1, -0.05) is 119 Å². The van der Waals surface area contributed by atoms with Crippen molar-refractivity contribution in [3.8, 4) is 22.9 Å². The number of thiophene rings is 1. The number of carboxylic acids is 1. The highest BCUT2D eigenvalue weighted by Crippen LogP contribution is 2.44. The van der Waals surface area contributed by atoms with E-state index in [1.54, 1.807) is 11.3 Å². The molecule has 5 rings (SSSR count). The SMILES string of the molecule is CC(C)[Si](C#Cc1c2cc3ccccc3cc2c(C#C[Si](C(C)C)(C(C)C)C(C)C)c2cc3sc(CCCOC(=O)CCCC(=O)O)cc3cc12)(C(C)C)C(C)C. The van der Waals surface area contributed by atoms with E-state index in [9.17, 15) is 9.59 Å². The van der Waals surface area contributed by atoms with Crippen molar-refractivity contribution in [1.29, 1.82) is 0 Å². The Labute approximate surface area is 348 Å². The summed E-state index contributed by atoms with van der Waals surface area (Å²) in [5, 5.41) is 17.2. The Bertz CT molecular complexity index is 2200. The van der Waals surface area contributed by atoms with Gasteiger partial charge in [0.2, 0.25) is 0 Å². The third-order valence-corrected chi connectivity index (χ3v) is 26.6. The van der Waals surface area contributed by atoms with Crippen LogP contribution in [0.25, 0.3) is 42.4 Å². The van der Waals surface area contributed by atoms with Gasteiger partial charge in [0, 0.05) is 38.9 Å². The summed E-state index contributed by atoms with van der Waals surface area (Å²) >= 11 is 1.80. The van der Waals surface area contributed by atoms with Crippen molar-refractivity contribution in [3.05, 3.63) is 70.6 Å². The quantitative estimate of drug-likeness (QED) is 0.0399. The molecule has 0 amide bonds. The second-order valence-corrected chi connectivity index (χ2v) is 30.3. The Hall–Kier alpha value is -3.89. The summed E-state index contributed by atoms with van der Waals surface area (Å²) in [5.74, 6) is 6.72. The Morgan fingerprint density at radius 2 is 1.05 bits per heavy atom. The van der Waals surface area contributed by atoms with E-state index in [1.807, 2.05) is 0 Å². The number of aryl methyl sites for hydroxylation is 1. The van der Waals surface area contributed by atoms with Crippen LogP contribution in [-0.2, 0) is 20.7 Å². The van der Waals surface area contributed by atoms with Crippen molar-refractivity contribution in [1.82, 2.24) is 0 Å². The normalized spacial score (nSPS) is 12.5. The van der Waals surface area contributed by atoms with E-state index < -0.39 is 22.1 Å². The predicted molar refractivity (Wildman–Crippen MR) is 251 cm³/mol. The summed E-state index contributed by atoms with van der Waals surface area (Å²) in [6, 6.07) is 20.5. The molecule has 7 heteroatoms. The van der Waals surface area contributed by atoms with Gasteiger partial charge in [-0.3, -0.25) is 9.59 Å². The van der Waals surface area contributed by atoms with E-state index in [2.05, 4.69) is 161 Å². The fourth-order valence-electron chi connectivity index (χ4n) is 9.99. The number of fused-ring (bicyclic) bond motifs is 4. The van der Waals surface area contributed by atoms with Crippen molar-refractivity contribution in [2.75, 3.05) is 6.61 Å². The van der Waals surface area contributed by atoms with Crippen LogP contribution in [0.5, 0.6) is 0 Å². The largest absolute Gasteiger partial charge is 0.481 e. The maximum atomic E-state index is 12.2. The standard InChI is InChI=1S/C50H64O4SSi2/c1-32(2)56(33(3)4,34(5)6)25-22-42-44-28-38-17-13-14-18-39(38)29-45(44)43(23-26-57(35(7)8,36(9)10)37(11)12)47-31-48-40(30-46(42)47)27-41(55-48)19-16-24-54-50(53)21-15-20-49(51)52/h13-14,17-18,27-37H,15-16,19-21,24H2,1-12H3,(H,51,52). The summed E-state index contributed by atoms with van der Waals surface area (Å²) < 4.78 is 6.67. The number of rotatable bonds is 14. The number of aliphatic carboxylic acids is 1. The first-order valence-electron chi connectivity index (χ1n) is 21.2. The van der Waals surface area contributed by atoms with Crippen LogP contribution in [0, 0.1) is 22.9 Å². The lowest BCUT2D eigenvalue weighted by molar-refractivity contribution is -0.144. The van der Waals surface area contributed by atoms with E-state index in [4.69, 9.17) is 9.84 Å². The first-order chi connectivity index (χ1) is 26.9. The van der Waals surface area contributed by atoms with Crippen LogP contribution in [-0.4, -0.2) is 39.8 Å². The zero-order chi connectivity index (χ0) is 41.8. The number of carboxylic acid groups (broad SMARTS) is 1. The lowest BCUT2D eigenvalue weighted by atomic mass is 9.90. The molecule has 57 heavy (non-hydrogen) atoms. The number of ether oxygens (including phenoxy) is 1. The molecule has 1 heterocycles. The molecule has 4 nitrogen and oxygen atoms in total. The van der Waals surface area contributed by atoms with Gasteiger partial charge < -0.3 is 9.84 Å². The molecule has 0 aliphatic heterocycles. The zero-order valence-electron chi connectivity index (χ0n) is 36.5. The number of benzene rings is 4. The highest BCUT2D eigenvalue weighted by molar-refractivity contribution is 7.19. The third kappa shape index (κ3) is 9.07. The molecule has 0 aliphatic carbocycles. The Morgan fingerprint density at radius 1 is 0.614 bits per heavy atom. The van der Waals surface area contributed by atoms with Crippen LogP contribution in [0.4, 0.5) is 0 Å². The van der Waals surface area contributed by atoms with E-state index in [-0.39, 0.29) is 18.8 Å². The number of carbonyl (C=O) groups is 2. The molecule has 0 saturated carbocycles. The van der Waals surface area contributed by atoms with Gasteiger partial charge in [-0.2, -0.15) is 0 Å². The van der Waals surface area contributed by atoms with Gasteiger partial charge >= 0.3 is 11.9 Å². The van der Waals surface area contributed by atoms with Gasteiger partial charge in [0.05, 0.1) is 6.61 Å². The lowest BCUT2D eigenvalue weighted by Gasteiger charge is -2.38. The molecule has 0 unspecified atom stereocenters. The van der Waals surface area contributed by atoms with Gasteiger partial charge in [0.15, 0.2) is 0 Å². The highest BCUT2D eigenvalue weighted by atomic mass is 32.1. The molecule has 0 saturated heterocycles. The average Bonchev–Trinajstić information content (AvgIpc) is 3.53. The summed E-state index contributed by atoms with van der Waals surface area (Å²) in [6.07, 6.45) is 1.91. The summed E-state index contributed by atoms with van der Waals surface area (Å²) in [6.45, 7) is 28.9. The van der Waals surface area contributed by atoms with E-state index in [1.165, 1.54) is 47.3 Å². The molecule has 302 valence electrons. The second-order valence-electron chi connectivity index (χ2n) is 18.0. The van der Waals surface area contributed by atoms with Gasteiger partial charge in [-0.05, 0) is 115 Å². The van der Waals surface area contributed by atoms with Crippen molar-refractivity contribution < 1.29 is 19.4 Å². The molecular formula is C50H64O4SSi2. The number of esters is 1. The Balaban J connectivity index is 1.78. The van der Waals surface area contributed by atoms with Gasteiger partial charge in [-0.25, -0.2) is 0 Å². The fourth-order valence-corrected chi connectivity index (χ4v) is 21.5. The first-order valence-corrected chi connectivity index (χ1v) is 26.5. The smallest absolute Gasteiger partial charge is 0.305 e. The molecule has 0 atom stereocenters. The molecule has 5 aromatic rings. The maximum Gasteiger partial charge on any atom is 0.305 e. The van der Waals surface area contributed by atoms with Crippen molar-refractivity contribution in [2.24, 2.45) is 0 Å². The number of hydrogen-bond acceptors (Lipinski definition) is 4. The maximum absolute atomic E-state index is 12.2. The van der Waals surface area contributed by atoms with Crippen molar-refractivity contribution in [3.63, 3.8) is 0 Å². The Morgan fingerprint density at radius 3 is 1.49 bits per heavy atom. The molecule has 0 fully saturated rings. The predicted octanol–water partition coefficient (Wildman–Crippen LogP) is 14.2. The average molecular weight is 817 g/mol. The van der Waals surface area contributed by atoms with Crippen LogP contribution >= 0.6 is 11.3 Å². The Kier molecular flexibility index (Phi) is 14.2. The van der Waals surface area contributed by atoms with Crippen LogP contribution in [0.15, 0.2) is 54.6 Å². The van der Waals surface area contributed by atoms with Crippen LogP contribution < -0.4 is 0 Å². The molecule has 4 aromatic carbocycles. The number of hydrogen-bond donors (Lipinski definition) is 1. The first kappa shape index (κ1) is 44.2. The van der Waals surface area contributed by atoms with E-state index in [0.29, 0.717) is 52.7 Å². The minimum atomic E-state index is -2.06. The second kappa shape index (κ2) is 18.4. The van der Waals surface area contributed by atoms with E-state index in [0.717, 1.165) is 17.5 Å². The van der Waals surface area contributed by atoms with Gasteiger partial charge in [0.25, 0.3) is 0 Å². The minimum absolute atomic E-state index is 0.0240. The summed E-state index contributed by atoms with van der Waals surface area (Å²) in [4.78, 5) is 24.2. The molecule has 1 N–H and O–H groups in total. The molecule has 1 aromatic heterocycles. The molecule has 0 aliphatic rings. The topological polar surface area (TPSA) is 63.6 Å². The van der Waals surface area contributed by atoms with Crippen LogP contribution in [0.2, 0.25) is 33.2 Å². The highest BCUT2D eigenvalue weighted by Gasteiger charge is 2.43. The van der Waals surface area contributed by atoms with Crippen LogP contribution in [0.1, 0.15) is 125 Å². The lowest BCUT2D eigenvalue weighted by Crippen LogP contribution is -2.43. The number of carbonyl (C=O) groups excluding carboxylic acids is 1. The molecule has 0 radical (unpaired) electrons. The monoisotopic (exact) mass is 816 g/mol. The van der Waals surface area contributed by atoms with Crippen molar-refractivity contribution >= 4 is 81.8 Å². The van der Waals surface area contributed by atoms with Crippen LogP contribution in [0.3, 0.4) is 0 Å². The molecular weight excluding hydrogens is 753 g/mol. The van der Waals surface area contributed by atoms with Crippen molar-refractivity contribution in [2.45, 2.75) is 148 Å². The minimum Gasteiger partial charge on any atom is -0.481 e. The van der Waals surface area contributed by atoms with E-state index >= 15 is 0 Å². The summed E-state index contributed by atoms with van der Waals surface area (Å²) in [5.41, 5.74) is 13.6. The fraction of sp³-hybridized carbons (Fsp3) is 0.480. The summed E-state index contributed by atoms with van der Waals surface area (Å²) in [7, 11) is -4.13. The van der Waals surface area contributed by atoms with Gasteiger partial charge in [-0.15, -0.1) is 22.4 Å². The zero-order valence-corrected chi connectivity index (χ0v) is 39.3. The molecule has 0 bridgehead atoms. The molecule has 0 spiro atoms.